The van der Waals surface area contributed by atoms with Crippen LogP contribution in [0.4, 0.5) is 0 Å². The Balaban J connectivity index is 1.46. The zero-order chi connectivity index (χ0) is 15.8. The van der Waals surface area contributed by atoms with Gasteiger partial charge in [0.25, 0.3) is 0 Å². The fourth-order valence-corrected chi connectivity index (χ4v) is 3.59. The number of carbonyl (C=O) groups excluding carboxylic acids is 1. The number of hydrogen-bond acceptors (Lipinski definition) is 4. The van der Waals surface area contributed by atoms with E-state index in [4.69, 9.17) is 0 Å². The zero-order valence-electron chi connectivity index (χ0n) is 13.4. The molecule has 6 heteroatoms. The third-order valence-corrected chi connectivity index (χ3v) is 4.95. The number of carbonyl (C=O) groups is 1. The lowest BCUT2D eigenvalue weighted by Crippen LogP contribution is -2.41. The van der Waals surface area contributed by atoms with E-state index >= 15 is 0 Å². The van der Waals surface area contributed by atoms with Gasteiger partial charge < -0.3 is 4.90 Å². The maximum Gasteiger partial charge on any atom is 0.226 e. The summed E-state index contributed by atoms with van der Waals surface area (Å²) >= 11 is 0. The number of nitrogens with zero attached hydrogens (tertiary/aromatic N) is 5. The second-order valence-corrected chi connectivity index (χ2v) is 6.54. The predicted octanol–water partition coefficient (Wildman–Crippen LogP) is 2.10. The minimum Gasteiger partial charge on any atom is -0.342 e. The van der Waals surface area contributed by atoms with E-state index in [0.717, 1.165) is 55.9 Å². The molecule has 2 aromatic rings. The smallest absolute Gasteiger partial charge is 0.226 e. The van der Waals surface area contributed by atoms with Gasteiger partial charge in [0.05, 0.1) is 5.69 Å². The molecule has 0 bridgehead atoms. The van der Waals surface area contributed by atoms with Crippen LogP contribution in [0.15, 0.2) is 24.3 Å². The molecule has 120 valence electrons. The second kappa shape index (κ2) is 5.76. The molecule has 1 aliphatic carbocycles. The van der Waals surface area contributed by atoms with Crippen molar-refractivity contribution in [2.75, 3.05) is 13.1 Å². The summed E-state index contributed by atoms with van der Waals surface area (Å²) in [5.41, 5.74) is 1.75. The Bertz CT molecular complexity index is 749. The Morgan fingerprint density at radius 1 is 1.13 bits per heavy atom. The molecule has 0 saturated carbocycles. The van der Waals surface area contributed by atoms with E-state index < -0.39 is 0 Å². The van der Waals surface area contributed by atoms with Crippen LogP contribution < -0.4 is 0 Å². The van der Waals surface area contributed by atoms with Crippen molar-refractivity contribution < 1.29 is 4.79 Å². The molecule has 1 fully saturated rings. The fourth-order valence-electron chi connectivity index (χ4n) is 3.59. The summed E-state index contributed by atoms with van der Waals surface area (Å²) in [7, 11) is 0. The van der Waals surface area contributed by atoms with Crippen molar-refractivity contribution in [3.63, 3.8) is 0 Å². The Kier molecular flexibility index (Phi) is 3.59. The molecular weight excluding hydrogens is 290 g/mol. The molecule has 3 heterocycles. The summed E-state index contributed by atoms with van der Waals surface area (Å²) in [5.74, 6) is 1.74. The third kappa shape index (κ3) is 2.62. The maximum absolute atomic E-state index is 12.5. The lowest BCUT2D eigenvalue weighted by Gasteiger charge is -2.32. The van der Waals surface area contributed by atoms with Crippen molar-refractivity contribution >= 4 is 11.6 Å². The molecule has 0 spiro atoms. The normalized spacial score (nSPS) is 19.8. The van der Waals surface area contributed by atoms with Crippen LogP contribution in [0.1, 0.15) is 43.1 Å². The maximum atomic E-state index is 12.5. The van der Waals surface area contributed by atoms with Crippen molar-refractivity contribution in [3.8, 4) is 0 Å². The predicted molar refractivity (Wildman–Crippen MR) is 85.9 cm³/mol. The molecule has 0 aromatic carbocycles. The topological polar surface area (TPSA) is 63.4 Å². The summed E-state index contributed by atoms with van der Waals surface area (Å²) in [6, 6.07) is 3.90. The highest BCUT2D eigenvalue weighted by Crippen LogP contribution is 2.29. The second-order valence-electron chi connectivity index (χ2n) is 6.54. The Morgan fingerprint density at radius 2 is 1.87 bits per heavy atom. The van der Waals surface area contributed by atoms with Gasteiger partial charge in [0.1, 0.15) is 0 Å². The Morgan fingerprint density at radius 3 is 2.61 bits per heavy atom. The third-order valence-electron chi connectivity index (χ3n) is 4.95. The van der Waals surface area contributed by atoms with Crippen molar-refractivity contribution in [1.29, 1.82) is 0 Å². The zero-order valence-corrected chi connectivity index (χ0v) is 13.4. The lowest BCUT2D eigenvalue weighted by atomic mass is 9.94. The number of amides is 1. The fraction of sp³-hybridized carbons (Fsp3) is 0.529. The first-order chi connectivity index (χ1) is 11.2. The molecule has 0 atom stereocenters. The van der Waals surface area contributed by atoms with E-state index in [1.54, 1.807) is 0 Å². The highest BCUT2D eigenvalue weighted by Gasteiger charge is 2.30. The van der Waals surface area contributed by atoms with Gasteiger partial charge in [-0.15, -0.1) is 10.2 Å². The number of piperidine rings is 1. The molecule has 1 aliphatic heterocycles. The number of rotatable bonds is 2. The molecule has 1 saturated heterocycles. The van der Waals surface area contributed by atoms with E-state index in [2.05, 4.69) is 27.4 Å². The molecular formula is C17H21N5O. The van der Waals surface area contributed by atoms with Gasteiger partial charge >= 0.3 is 0 Å². The molecule has 23 heavy (non-hydrogen) atoms. The quantitative estimate of drug-likeness (QED) is 0.797. The van der Waals surface area contributed by atoms with Crippen LogP contribution >= 0.6 is 0 Å². The summed E-state index contributed by atoms with van der Waals surface area (Å²) < 4.78 is 1.86. The summed E-state index contributed by atoms with van der Waals surface area (Å²) in [6.45, 7) is 3.58. The van der Waals surface area contributed by atoms with Crippen molar-refractivity contribution in [2.24, 2.45) is 5.92 Å². The first kappa shape index (κ1) is 14.4. The molecule has 1 amide bonds. The van der Waals surface area contributed by atoms with Crippen molar-refractivity contribution in [1.82, 2.24) is 24.7 Å². The lowest BCUT2D eigenvalue weighted by molar-refractivity contribution is -0.136. The number of fused-ring (bicyclic) bond motifs is 1. The van der Waals surface area contributed by atoms with Crippen LogP contribution in [0.3, 0.4) is 0 Å². The van der Waals surface area contributed by atoms with E-state index in [1.807, 2.05) is 28.5 Å². The van der Waals surface area contributed by atoms with Crippen LogP contribution in [0.5, 0.6) is 0 Å². The van der Waals surface area contributed by atoms with Crippen LogP contribution in [-0.4, -0.2) is 43.7 Å². The van der Waals surface area contributed by atoms with Crippen molar-refractivity contribution in [3.05, 3.63) is 35.8 Å². The van der Waals surface area contributed by atoms with Gasteiger partial charge in [-0.1, -0.05) is 12.2 Å². The van der Waals surface area contributed by atoms with Crippen LogP contribution in [0.2, 0.25) is 0 Å². The molecule has 0 N–H and O–H groups in total. The van der Waals surface area contributed by atoms with E-state index in [1.165, 1.54) is 0 Å². The summed E-state index contributed by atoms with van der Waals surface area (Å²) in [6.07, 6.45) is 7.90. The van der Waals surface area contributed by atoms with Crippen LogP contribution in [0, 0.1) is 12.8 Å². The first-order valence-electron chi connectivity index (χ1n) is 8.35. The highest BCUT2D eigenvalue weighted by atomic mass is 16.2. The van der Waals surface area contributed by atoms with Crippen LogP contribution in [-0.2, 0) is 4.79 Å². The number of hydrogen-bond donors (Lipinski definition) is 0. The summed E-state index contributed by atoms with van der Waals surface area (Å²) in [5, 5.41) is 13.1. The average Bonchev–Trinajstić information content (AvgIpc) is 3.24. The number of aryl methyl sites for hydroxylation is 1. The van der Waals surface area contributed by atoms with Gasteiger partial charge in [0, 0.05) is 24.9 Å². The van der Waals surface area contributed by atoms with Gasteiger partial charge in [-0.2, -0.15) is 9.61 Å². The monoisotopic (exact) mass is 311 g/mol. The van der Waals surface area contributed by atoms with E-state index in [-0.39, 0.29) is 5.92 Å². The molecule has 6 nitrogen and oxygen atoms in total. The largest absolute Gasteiger partial charge is 0.342 e. The molecule has 4 rings (SSSR count). The number of likely N-dealkylation sites (tertiary alicyclic amines) is 1. The molecule has 0 unspecified atom stereocenters. The van der Waals surface area contributed by atoms with Crippen molar-refractivity contribution in [2.45, 2.75) is 38.5 Å². The van der Waals surface area contributed by atoms with Gasteiger partial charge in [-0.05, 0) is 44.7 Å². The summed E-state index contributed by atoms with van der Waals surface area (Å²) in [4.78, 5) is 14.5. The average molecular weight is 311 g/mol. The van der Waals surface area contributed by atoms with Gasteiger partial charge in [0.2, 0.25) is 5.91 Å². The first-order valence-corrected chi connectivity index (χ1v) is 8.35. The van der Waals surface area contributed by atoms with E-state index in [0.29, 0.717) is 11.8 Å². The SMILES string of the molecule is Cc1ccc2nnc(C3CCN(C(=O)C4CC=CC4)CC3)n2n1. The van der Waals surface area contributed by atoms with Gasteiger partial charge in [-0.25, -0.2) is 0 Å². The molecule has 0 radical (unpaired) electrons. The van der Waals surface area contributed by atoms with Crippen LogP contribution in [0.25, 0.3) is 5.65 Å². The highest BCUT2D eigenvalue weighted by molar-refractivity contribution is 5.79. The minimum atomic E-state index is 0.171. The van der Waals surface area contributed by atoms with Gasteiger partial charge in [0.15, 0.2) is 11.5 Å². The molecule has 2 aliphatic rings. The number of aromatic nitrogens is 4. The van der Waals surface area contributed by atoms with E-state index in [9.17, 15) is 4.79 Å². The number of allylic oxidation sites excluding steroid dienone is 2. The van der Waals surface area contributed by atoms with Gasteiger partial charge in [-0.3, -0.25) is 4.79 Å². The molecule has 2 aromatic heterocycles. The minimum absolute atomic E-state index is 0.171. The Hall–Kier alpha value is -2.24. The standard InChI is InChI=1S/C17H21N5O/c1-12-6-7-15-18-19-16(22(15)20-12)13-8-10-21(11-9-13)17(23)14-4-2-3-5-14/h2-3,6-7,13-14H,4-5,8-11H2,1H3. The Labute approximate surface area is 135 Å².